The van der Waals surface area contributed by atoms with Gasteiger partial charge in [-0.2, -0.15) is 5.10 Å². The summed E-state index contributed by atoms with van der Waals surface area (Å²) in [6.07, 6.45) is 1.85. The molecular weight excluding hydrogens is 174 g/mol. The Morgan fingerprint density at radius 1 is 1.00 bits per heavy atom. The largest absolute Gasteiger partial charge is 0.386 e. The fourth-order valence-electron chi connectivity index (χ4n) is 2.26. The predicted octanol–water partition coefficient (Wildman–Crippen LogP) is 2.42. The summed E-state index contributed by atoms with van der Waals surface area (Å²) >= 11 is 0. The van der Waals surface area contributed by atoms with Crippen molar-refractivity contribution in [3.05, 3.63) is 0 Å². The lowest BCUT2D eigenvalue weighted by Crippen LogP contribution is -2.29. The van der Waals surface area contributed by atoms with E-state index in [-0.39, 0.29) is 0 Å². The molecule has 0 radical (unpaired) electrons. The first-order chi connectivity index (χ1) is 6.52. The summed E-state index contributed by atoms with van der Waals surface area (Å²) in [5, 5.41) is 8.21. The standard InChI is InChI=1S/C11H21N3/c1-7(2)11(8(3)4)9-5-6-10(12)14-13-9/h7-8,11H,5-6H2,1-4H3,(H2,12,14). The van der Waals surface area contributed by atoms with Gasteiger partial charge in [0.2, 0.25) is 0 Å². The predicted molar refractivity (Wildman–Crippen MR) is 61.5 cm³/mol. The number of rotatable bonds is 3. The van der Waals surface area contributed by atoms with Gasteiger partial charge >= 0.3 is 0 Å². The van der Waals surface area contributed by atoms with Crippen LogP contribution in [-0.4, -0.2) is 11.5 Å². The van der Waals surface area contributed by atoms with Crippen molar-refractivity contribution in [2.45, 2.75) is 40.5 Å². The second-order valence-electron chi connectivity index (χ2n) is 4.70. The number of nitrogens with two attached hydrogens (primary N) is 1. The first-order valence-electron chi connectivity index (χ1n) is 5.41. The first kappa shape index (κ1) is 11.2. The normalized spacial score (nSPS) is 17.6. The smallest absolute Gasteiger partial charge is 0.122 e. The Morgan fingerprint density at radius 2 is 1.57 bits per heavy atom. The van der Waals surface area contributed by atoms with Crippen LogP contribution in [0.2, 0.25) is 0 Å². The van der Waals surface area contributed by atoms with Crippen LogP contribution in [0.4, 0.5) is 0 Å². The van der Waals surface area contributed by atoms with Crippen molar-refractivity contribution in [1.82, 2.24) is 0 Å². The average molecular weight is 195 g/mol. The van der Waals surface area contributed by atoms with Gasteiger partial charge in [-0.1, -0.05) is 27.7 Å². The van der Waals surface area contributed by atoms with E-state index in [1.807, 2.05) is 0 Å². The van der Waals surface area contributed by atoms with Crippen molar-refractivity contribution in [1.29, 1.82) is 0 Å². The van der Waals surface area contributed by atoms with Crippen LogP contribution in [0.25, 0.3) is 0 Å². The van der Waals surface area contributed by atoms with Crippen molar-refractivity contribution in [2.75, 3.05) is 0 Å². The topological polar surface area (TPSA) is 50.7 Å². The fourth-order valence-corrected chi connectivity index (χ4v) is 2.26. The minimum absolute atomic E-state index is 0.548. The van der Waals surface area contributed by atoms with E-state index in [1.54, 1.807) is 0 Å². The zero-order valence-corrected chi connectivity index (χ0v) is 9.62. The molecule has 0 aromatic carbocycles. The Balaban J connectivity index is 2.80. The van der Waals surface area contributed by atoms with Crippen LogP contribution in [0.5, 0.6) is 0 Å². The van der Waals surface area contributed by atoms with Crippen molar-refractivity contribution in [3.8, 4) is 0 Å². The second-order valence-corrected chi connectivity index (χ2v) is 4.70. The van der Waals surface area contributed by atoms with E-state index in [0.29, 0.717) is 23.6 Å². The lowest BCUT2D eigenvalue weighted by Gasteiger charge is -2.27. The Kier molecular flexibility index (Phi) is 3.67. The third-order valence-corrected chi connectivity index (χ3v) is 2.77. The quantitative estimate of drug-likeness (QED) is 0.738. The van der Waals surface area contributed by atoms with Gasteiger partial charge in [0.05, 0.1) is 0 Å². The lowest BCUT2D eigenvalue weighted by atomic mass is 9.80. The summed E-state index contributed by atoms with van der Waals surface area (Å²) in [6, 6.07) is 0. The molecule has 1 heterocycles. The number of hydrogen-bond donors (Lipinski definition) is 1. The van der Waals surface area contributed by atoms with E-state index in [9.17, 15) is 0 Å². The van der Waals surface area contributed by atoms with Crippen molar-refractivity contribution in [2.24, 2.45) is 33.7 Å². The van der Waals surface area contributed by atoms with Gasteiger partial charge in [-0.05, 0) is 18.3 Å². The summed E-state index contributed by atoms with van der Waals surface area (Å²) in [4.78, 5) is 0. The maximum Gasteiger partial charge on any atom is 0.122 e. The molecule has 0 saturated carbocycles. The van der Waals surface area contributed by atoms with Crippen LogP contribution < -0.4 is 5.73 Å². The van der Waals surface area contributed by atoms with Gasteiger partial charge < -0.3 is 5.73 Å². The van der Waals surface area contributed by atoms with Crippen LogP contribution in [0.1, 0.15) is 40.5 Å². The van der Waals surface area contributed by atoms with Gasteiger partial charge in [0.1, 0.15) is 5.84 Å². The summed E-state index contributed by atoms with van der Waals surface area (Å²) in [5.41, 5.74) is 6.82. The molecule has 3 nitrogen and oxygen atoms in total. The molecule has 14 heavy (non-hydrogen) atoms. The maximum absolute atomic E-state index is 5.59. The molecule has 0 fully saturated rings. The summed E-state index contributed by atoms with van der Waals surface area (Å²) < 4.78 is 0. The van der Waals surface area contributed by atoms with E-state index in [2.05, 4.69) is 37.9 Å². The van der Waals surface area contributed by atoms with E-state index < -0.39 is 0 Å². The number of amidine groups is 1. The maximum atomic E-state index is 5.59. The molecule has 1 rings (SSSR count). The molecule has 2 N–H and O–H groups in total. The van der Waals surface area contributed by atoms with Crippen LogP contribution in [0, 0.1) is 17.8 Å². The minimum atomic E-state index is 0.548. The van der Waals surface area contributed by atoms with Crippen LogP contribution in [-0.2, 0) is 0 Å². The van der Waals surface area contributed by atoms with Gasteiger partial charge in [-0.25, -0.2) is 0 Å². The fraction of sp³-hybridized carbons (Fsp3) is 0.818. The first-order valence-corrected chi connectivity index (χ1v) is 5.41. The molecule has 1 aliphatic rings. The Morgan fingerprint density at radius 3 is 1.93 bits per heavy atom. The van der Waals surface area contributed by atoms with Gasteiger partial charge in [-0.3, -0.25) is 0 Å². The molecule has 80 valence electrons. The molecule has 0 saturated heterocycles. The van der Waals surface area contributed by atoms with Gasteiger partial charge in [0.15, 0.2) is 0 Å². The Bertz CT molecular complexity index is 243. The van der Waals surface area contributed by atoms with Gasteiger partial charge in [-0.15, -0.1) is 5.10 Å². The van der Waals surface area contributed by atoms with Gasteiger partial charge in [0.25, 0.3) is 0 Å². The third kappa shape index (κ3) is 2.56. The van der Waals surface area contributed by atoms with E-state index in [1.165, 1.54) is 5.71 Å². The highest BCUT2D eigenvalue weighted by Crippen LogP contribution is 2.25. The molecule has 3 heteroatoms. The molecule has 0 aromatic heterocycles. The summed E-state index contributed by atoms with van der Waals surface area (Å²) in [5.74, 6) is 2.47. The average Bonchev–Trinajstić information content (AvgIpc) is 2.07. The molecule has 0 bridgehead atoms. The zero-order chi connectivity index (χ0) is 10.7. The lowest BCUT2D eigenvalue weighted by molar-refractivity contribution is 0.375. The highest BCUT2D eigenvalue weighted by atomic mass is 15.2. The van der Waals surface area contributed by atoms with Crippen molar-refractivity contribution < 1.29 is 0 Å². The Hall–Kier alpha value is -0.860. The van der Waals surface area contributed by atoms with E-state index in [4.69, 9.17) is 5.73 Å². The third-order valence-electron chi connectivity index (χ3n) is 2.77. The number of nitrogens with zero attached hydrogens (tertiary/aromatic N) is 2. The Labute approximate surface area is 86.5 Å². The molecule has 0 unspecified atom stereocenters. The molecule has 0 aromatic rings. The summed E-state index contributed by atoms with van der Waals surface area (Å²) in [6.45, 7) is 8.98. The zero-order valence-electron chi connectivity index (χ0n) is 9.62. The van der Waals surface area contributed by atoms with E-state index >= 15 is 0 Å². The highest BCUT2D eigenvalue weighted by Gasteiger charge is 2.24. The molecular formula is C11H21N3. The number of hydrogen-bond acceptors (Lipinski definition) is 3. The SMILES string of the molecule is CC(C)C(C1=NN=C(N)CC1)C(C)C. The monoisotopic (exact) mass is 195 g/mol. The van der Waals surface area contributed by atoms with Gasteiger partial charge in [0, 0.05) is 18.1 Å². The van der Waals surface area contributed by atoms with E-state index in [0.717, 1.165) is 12.8 Å². The van der Waals surface area contributed by atoms with Crippen LogP contribution >= 0.6 is 0 Å². The second kappa shape index (κ2) is 4.58. The highest BCUT2D eigenvalue weighted by molar-refractivity contribution is 5.94. The molecule has 1 aliphatic heterocycles. The van der Waals surface area contributed by atoms with Crippen LogP contribution in [0.3, 0.4) is 0 Å². The van der Waals surface area contributed by atoms with Crippen molar-refractivity contribution >= 4 is 11.5 Å². The van der Waals surface area contributed by atoms with Crippen molar-refractivity contribution in [3.63, 3.8) is 0 Å². The molecule has 0 spiro atoms. The summed E-state index contributed by atoms with van der Waals surface area (Å²) in [7, 11) is 0. The molecule has 0 aliphatic carbocycles. The molecule has 0 amide bonds. The minimum Gasteiger partial charge on any atom is -0.386 e. The molecule has 0 atom stereocenters. The van der Waals surface area contributed by atoms with Crippen LogP contribution in [0.15, 0.2) is 10.2 Å².